The van der Waals surface area contributed by atoms with E-state index in [1.165, 1.54) is 0 Å². The maximum absolute atomic E-state index is 13.2. The second-order valence-corrected chi connectivity index (χ2v) is 4.88. The van der Waals surface area contributed by atoms with E-state index in [4.69, 9.17) is 10.00 Å². The maximum Gasteiger partial charge on any atom is 0.133 e. The van der Waals surface area contributed by atoms with Gasteiger partial charge in [0.1, 0.15) is 23.1 Å². The van der Waals surface area contributed by atoms with Gasteiger partial charge in [-0.1, -0.05) is 0 Å². The number of ether oxygens (including phenoxy) is 1. The number of aliphatic hydroxyl groups is 1. The second-order valence-electron chi connectivity index (χ2n) is 4.88. The number of hydrogen-bond acceptors (Lipinski definition) is 3. The van der Waals surface area contributed by atoms with Crippen LogP contribution < -0.4 is 4.74 Å². The predicted octanol–water partition coefficient (Wildman–Crippen LogP) is 3.61. The molecule has 2 aromatic rings. The Morgan fingerprint density at radius 2 is 1.90 bits per heavy atom. The zero-order valence-corrected chi connectivity index (χ0v) is 10.9. The highest BCUT2D eigenvalue weighted by atomic mass is 19.1. The highest BCUT2D eigenvalue weighted by molar-refractivity contribution is 5.54. The van der Waals surface area contributed by atoms with E-state index in [2.05, 4.69) is 0 Å². The van der Waals surface area contributed by atoms with E-state index in [0.717, 1.165) is 18.2 Å². The number of halogens is 2. The number of benzene rings is 2. The third-order valence-electron chi connectivity index (χ3n) is 3.50. The number of nitriles is 1. The molecule has 21 heavy (non-hydrogen) atoms. The SMILES string of the molecule is N#Cc1ccc(Oc2cc(F)cc(F)c2)c2c1C(O)CC2. The Morgan fingerprint density at radius 3 is 2.57 bits per heavy atom. The minimum atomic E-state index is -0.727. The van der Waals surface area contributed by atoms with Crippen molar-refractivity contribution in [2.45, 2.75) is 18.9 Å². The first kappa shape index (κ1) is 13.5. The standard InChI is InChI=1S/C16H11F2NO2/c17-10-5-11(18)7-12(6-10)21-15-4-1-9(8-19)16-13(15)2-3-14(16)20/h1,4-7,14,20H,2-3H2. The molecule has 0 saturated heterocycles. The molecule has 0 amide bonds. The van der Waals surface area contributed by atoms with Crippen molar-refractivity contribution in [2.24, 2.45) is 0 Å². The van der Waals surface area contributed by atoms with Gasteiger partial charge < -0.3 is 9.84 Å². The molecule has 0 saturated carbocycles. The quantitative estimate of drug-likeness (QED) is 0.918. The van der Waals surface area contributed by atoms with E-state index in [1.54, 1.807) is 12.1 Å². The lowest BCUT2D eigenvalue weighted by molar-refractivity contribution is 0.179. The van der Waals surface area contributed by atoms with Crippen LogP contribution in [-0.2, 0) is 6.42 Å². The largest absolute Gasteiger partial charge is 0.457 e. The molecule has 0 aliphatic heterocycles. The molecule has 1 unspecified atom stereocenters. The topological polar surface area (TPSA) is 53.2 Å². The van der Waals surface area contributed by atoms with Crippen LogP contribution >= 0.6 is 0 Å². The Labute approximate surface area is 120 Å². The van der Waals surface area contributed by atoms with Crippen molar-refractivity contribution in [2.75, 3.05) is 0 Å². The van der Waals surface area contributed by atoms with Gasteiger partial charge in [0.2, 0.25) is 0 Å². The molecular weight excluding hydrogens is 276 g/mol. The normalized spacial score (nSPS) is 16.4. The number of rotatable bonds is 2. The van der Waals surface area contributed by atoms with Crippen molar-refractivity contribution >= 4 is 0 Å². The maximum atomic E-state index is 13.2. The molecular formula is C16H11F2NO2. The monoisotopic (exact) mass is 287 g/mol. The first-order valence-corrected chi connectivity index (χ1v) is 6.46. The molecule has 0 bridgehead atoms. The zero-order valence-electron chi connectivity index (χ0n) is 10.9. The lowest BCUT2D eigenvalue weighted by atomic mass is 10.0. The van der Waals surface area contributed by atoms with E-state index in [0.29, 0.717) is 35.3 Å². The lowest BCUT2D eigenvalue weighted by Gasteiger charge is -2.12. The predicted molar refractivity (Wildman–Crippen MR) is 70.9 cm³/mol. The van der Waals surface area contributed by atoms with E-state index in [-0.39, 0.29) is 5.75 Å². The van der Waals surface area contributed by atoms with Gasteiger partial charge in [-0.3, -0.25) is 0 Å². The second kappa shape index (κ2) is 5.15. The molecule has 1 atom stereocenters. The van der Waals surface area contributed by atoms with E-state index in [1.807, 2.05) is 6.07 Å². The van der Waals surface area contributed by atoms with Crippen LogP contribution in [0.5, 0.6) is 11.5 Å². The summed E-state index contributed by atoms with van der Waals surface area (Å²) in [5, 5.41) is 19.0. The van der Waals surface area contributed by atoms with Crippen LogP contribution in [0.1, 0.15) is 29.2 Å². The number of fused-ring (bicyclic) bond motifs is 1. The van der Waals surface area contributed by atoms with Crippen LogP contribution in [0, 0.1) is 23.0 Å². The molecule has 3 rings (SSSR count). The van der Waals surface area contributed by atoms with Crippen molar-refractivity contribution in [3.05, 3.63) is 58.7 Å². The van der Waals surface area contributed by atoms with Crippen molar-refractivity contribution in [3.8, 4) is 17.6 Å². The molecule has 1 aliphatic carbocycles. The van der Waals surface area contributed by atoms with Crippen LogP contribution in [-0.4, -0.2) is 5.11 Å². The van der Waals surface area contributed by atoms with Gasteiger partial charge in [-0.05, 0) is 25.0 Å². The Kier molecular flexibility index (Phi) is 3.32. The first-order chi connectivity index (χ1) is 10.1. The smallest absolute Gasteiger partial charge is 0.133 e. The number of aliphatic hydroxyl groups excluding tert-OH is 1. The molecule has 1 aliphatic rings. The Bertz CT molecular complexity index is 732. The summed E-state index contributed by atoms with van der Waals surface area (Å²) < 4.78 is 31.9. The van der Waals surface area contributed by atoms with Crippen molar-refractivity contribution in [3.63, 3.8) is 0 Å². The summed E-state index contributed by atoms with van der Waals surface area (Å²) in [5.74, 6) is -1.00. The van der Waals surface area contributed by atoms with E-state index in [9.17, 15) is 13.9 Å². The molecule has 0 heterocycles. The molecule has 0 fully saturated rings. The highest BCUT2D eigenvalue weighted by Crippen LogP contribution is 2.40. The van der Waals surface area contributed by atoms with Crippen molar-refractivity contribution in [1.29, 1.82) is 5.26 Å². The Morgan fingerprint density at radius 1 is 1.19 bits per heavy atom. The minimum Gasteiger partial charge on any atom is -0.457 e. The van der Waals surface area contributed by atoms with Crippen LogP contribution in [0.3, 0.4) is 0 Å². The van der Waals surface area contributed by atoms with Crippen molar-refractivity contribution in [1.82, 2.24) is 0 Å². The van der Waals surface area contributed by atoms with Gasteiger partial charge in [0, 0.05) is 29.3 Å². The molecule has 0 aromatic heterocycles. The zero-order chi connectivity index (χ0) is 15.0. The molecule has 106 valence electrons. The summed E-state index contributed by atoms with van der Waals surface area (Å²) in [5.41, 5.74) is 1.66. The summed E-state index contributed by atoms with van der Waals surface area (Å²) >= 11 is 0. The summed E-state index contributed by atoms with van der Waals surface area (Å²) in [7, 11) is 0. The van der Waals surface area contributed by atoms with Crippen LogP contribution in [0.2, 0.25) is 0 Å². The fraction of sp³-hybridized carbons (Fsp3) is 0.188. The fourth-order valence-electron chi connectivity index (χ4n) is 2.62. The molecule has 3 nitrogen and oxygen atoms in total. The third kappa shape index (κ3) is 2.46. The average Bonchev–Trinajstić information content (AvgIpc) is 2.81. The van der Waals surface area contributed by atoms with Gasteiger partial charge in [0.15, 0.2) is 0 Å². The molecule has 2 aromatic carbocycles. The van der Waals surface area contributed by atoms with E-state index < -0.39 is 17.7 Å². The summed E-state index contributed by atoms with van der Waals surface area (Å²) in [6.07, 6.45) is 0.351. The van der Waals surface area contributed by atoms with Gasteiger partial charge in [0.25, 0.3) is 0 Å². The molecule has 1 N–H and O–H groups in total. The van der Waals surface area contributed by atoms with Crippen LogP contribution in [0.15, 0.2) is 30.3 Å². The fourth-order valence-corrected chi connectivity index (χ4v) is 2.62. The third-order valence-corrected chi connectivity index (χ3v) is 3.50. The summed E-state index contributed by atoms with van der Waals surface area (Å²) in [6, 6.07) is 8.08. The van der Waals surface area contributed by atoms with Crippen molar-refractivity contribution < 1.29 is 18.6 Å². The summed E-state index contributed by atoms with van der Waals surface area (Å²) in [4.78, 5) is 0. The van der Waals surface area contributed by atoms with Gasteiger partial charge in [-0.25, -0.2) is 8.78 Å². The number of hydrogen-bond donors (Lipinski definition) is 1. The number of nitrogens with zero attached hydrogens (tertiary/aromatic N) is 1. The minimum absolute atomic E-state index is 0.0424. The van der Waals surface area contributed by atoms with Gasteiger partial charge >= 0.3 is 0 Å². The van der Waals surface area contributed by atoms with Crippen LogP contribution in [0.4, 0.5) is 8.78 Å². The lowest BCUT2D eigenvalue weighted by Crippen LogP contribution is -1.97. The van der Waals surface area contributed by atoms with Gasteiger partial charge in [-0.2, -0.15) is 5.26 Å². The average molecular weight is 287 g/mol. The molecule has 0 spiro atoms. The molecule has 5 heteroatoms. The van der Waals surface area contributed by atoms with Gasteiger partial charge in [0.05, 0.1) is 17.7 Å². The molecule has 0 radical (unpaired) electrons. The van der Waals surface area contributed by atoms with Crippen LogP contribution in [0.25, 0.3) is 0 Å². The highest BCUT2D eigenvalue weighted by Gasteiger charge is 2.27. The van der Waals surface area contributed by atoms with Gasteiger partial charge in [-0.15, -0.1) is 0 Å². The first-order valence-electron chi connectivity index (χ1n) is 6.46. The summed E-state index contributed by atoms with van der Waals surface area (Å²) in [6.45, 7) is 0. The Hall–Kier alpha value is -2.45. The Balaban J connectivity index is 2.03. The van der Waals surface area contributed by atoms with E-state index >= 15 is 0 Å².